The zero-order valence-electron chi connectivity index (χ0n) is 13.7. The van der Waals surface area contributed by atoms with E-state index in [4.69, 9.17) is 9.47 Å². The number of anilines is 2. The van der Waals surface area contributed by atoms with Crippen LogP contribution in [0.15, 0.2) is 24.3 Å². The third-order valence-corrected chi connectivity index (χ3v) is 4.31. The SMILES string of the molecule is COc1ccc(N2CCN(c3nsnc3OC(C)C)CC2)cc1. The molecule has 0 bridgehead atoms. The highest BCUT2D eigenvalue weighted by atomic mass is 32.1. The molecule has 1 aromatic carbocycles. The maximum atomic E-state index is 5.74. The lowest BCUT2D eigenvalue weighted by molar-refractivity contribution is 0.235. The van der Waals surface area contributed by atoms with Crippen molar-refractivity contribution in [3.63, 3.8) is 0 Å². The first-order valence-electron chi connectivity index (χ1n) is 7.80. The van der Waals surface area contributed by atoms with Crippen molar-refractivity contribution in [1.82, 2.24) is 8.75 Å². The van der Waals surface area contributed by atoms with E-state index in [1.54, 1.807) is 7.11 Å². The second-order valence-corrected chi connectivity index (χ2v) is 6.26. The highest BCUT2D eigenvalue weighted by molar-refractivity contribution is 6.99. The van der Waals surface area contributed by atoms with Gasteiger partial charge < -0.3 is 19.3 Å². The van der Waals surface area contributed by atoms with Crippen LogP contribution in [-0.4, -0.2) is 48.1 Å². The molecule has 0 radical (unpaired) electrons. The largest absolute Gasteiger partial charge is 0.497 e. The zero-order chi connectivity index (χ0) is 16.2. The molecule has 1 fully saturated rings. The van der Waals surface area contributed by atoms with Crippen LogP contribution in [0.5, 0.6) is 11.6 Å². The zero-order valence-corrected chi connectivity index (χ0v) is 14.5. The van der Waals surface area contributed by atoms with E-state index in [1.807, 2.05) is 26.0 Å². The summed E-state index contributed by atoms with van der Waals surface area (Å²) in [5.41, 5.74) is 1.22. The van der Waals surface area contributed by atoms with Gasteiger partial charge in [-0.3, -0.25) is 0 Å². The second kappa shape index (κ2) is 7.04. The first-order chi connectivity index (χ1) is 11.2. The van der Waals surface area contributed by atoms with Gasteiger partial charge in [0.25, 0.3) is 5.88 Å². The summed E-state index contributed by atoms with van der Waals surface area (Å²) in [5, 5.41) is 0. The fraction of sp³-hybridized carbons (Fsp3) is 0.500. The minimum Gasteiger partial charge on any atom is -0.497 e. The van der Waals surface area contributed by atoms with Gasteiger partial charge in [-0.1, -0.05) is 0 Å². The summed E-state index contributed by atoms with van der Waals surface area (Å²) in [7, 11) is 1.69. The van der Waals surface area contributed by atoms with Crippen LogP contribution >= 0.6 is 11.7 Å². The number of methoxy groups -OCH3 is 1. The molecule has 1 aliphatic rings. The standard InChI is InChI=1S/C16H22N4O2S/c1-12(2)22-16-15(17-23-18-16)20-10-8-19(9-11-20)13-4-6-14(21-3)7-5-13/h4-7,12H,8-11H2,1-3H3. The van der Waals surface area contributed by atoms with Gasteiger partial charge >= 0.3 is 0 Å². The molecule has 3 rings (SSSR count). The Balaban J connectivity index is 1.63. The molecule has 0 atom stereocenters. The third kappa shape index (κ3) is 3.67. The van der Waals surface area contributed by atoms with Gasteiger partial charge in [-0.25, -0.2) is 0 Å². The van der Waals surface area contributed by atoms with Crippen LogP contribution in [0.4, 0.5) is 11.5 Å². The lowest BCUT2D eigenvalue weighted by atomic mass is 10.2. The number of aromatic nitrogens is 2. The maximum absolute atomic E-state index is 5.74. The van der Waals surface area contributed by atoms with E-state index >= 15 is 0 Å². The molecule has 0 amide bonds. The molecule has 0 unspecified atom stereocenters. The normalized spacial score (nSPS) is 15.1. The fourth-order valence-corrected chi connectivity index (χ4v) is 3.15. The Hall–Kier alpha value is -2.02. The van der Waals surface area contributed by atoms with Crippen molar-refractivity contribution in [1.29, 1.82) is 0 Å². The Labute approximate surface area is 141 Å². The summed E-state index contributed by atoms with van der Waals surface area (Å²) in [4.78, 5) is 4.62. The summed E-state index contributed by atoms with van der Waals surface area (Å²) < 4.78 is 19.6. The fourth-order valence-electron chi connectivity index (χ4n) is 2.64. The van der Waals surface area contributed by atoms with E-state index in [9.17, 15) is 0 Å². The van der Waals surface area contributed by atoms with Crippen LogP contribution in [0.2, 0.25) is 0 Å². The molecular formula is C16H22N4O2S. The second-order valence-electron chi connectivity index (χ2n) is 5.73. The summed E-state index contributed by atoms with van der Waals surface area (Å²) in [6.45, 7) is 7.73. The third-order valence-electron chi connectivity index (χ3n) is 3.81. The van der Waals surface area contributed by atoms with Crippen LogP contribution < -0.4 is 19.3 Å². The first kappa shape index (κ1) is 15.9. The molecule has 1 saturated heterocycles. The van der Waals surface area contributed by atoms with Gasteiger partial charge in [0.2, 0.25) is 5.82 Å². The summed E-state index contributed by atoms with van der Waals surface area (Å²) in [6, 6.07) is 8.21. The van der Waals surface area contributed by atoms with E-state index < -0.39 is 0 Å². The van der Waals surface area contributed by atoms with Gasteiger partial charge in [0.15, 0.2) is 0 Å². The lowest BCUT2D eigenvalue weighted by Gasteiger charge is -2.36. The average molecular weight is 334 g/mol. The molecule has 2 heterocycles. The molecule has 1 aromatic heterocycles. The predicted molar refractivity (Wildman–Crippen MR) is 93.1 cm³/mol. The van der Waals surface area contributed by atoms with Crippen molar-refractivity contribution < 1.29 is 9.47 Å². The van der Waals surface area contributed by atoms with E-state index in [0.29, 0.717) is 5.88 Å². The molecule has 1 aliphatic heterocycles. The van der Waals surface area contributed by atoms with E-state index in [-0.39, 0.29) is 6.10 Å². The van der Waals surface area contributed by atoms with E-state index in [0.717, 1.165) is 37.7 Å². The van der Waals surface area contributed by atoms with Crippen molar-refractivity contribution in [3.05, 3.63) is 24.3 Å². The van der Waals surface area contributed by atoms with Gasteiger partial charge in [0.05, 0.1) is 24.9 Å². The molecule has 0 saturated carbocycles. The lowest BCUT2D eigenvalue weighted by Crippen LogP contribution is -2.46. The van der Waals surface area contributed by atoms with Crippen LogP contribution in [0.25, 0.3) is 0 Å². The van der Waals surface area contributed by atoms with Gasteiger partial charge in [-0.2, -0.15) is 4.37 Å². The first-order valence-corrected chi connectivity index (χ1v) is 8.53. The number of piperazine rings is 1. The topological polar surface area (TPSA) is 50.7 Å². The predicted octanol–water partition coefficient (Wildman–Crippen LogP) is 2.66. The van der Waals surface area contributed by atoms with Gasteiger partial charge in [0, 0.05) is 31.9 Å². The number of ether oxygens (including phenoxy) is 2. The van der Waals surface area contributed by atoms with Gasteiger partial charge in [-0.15, -0.1) is 4.37 Å². The monoisotopic (exact) mass is 334 g/mol. The highest BCUT2D eigenvalue weighted by Crippen LogP contribution is 2.28. The Morgan fingerprint density at radius 2 is 1.65 bits per heavy atom. The van der Waals surface area contributed by atoms with Crippen molar-refractivity contribution in [2.45, 2.75) is 20.0 Å². The maximum Gasteiger partial charge on any atom is 0.271 e. The Morgan fingerprint density at radius 3 is 2.26 bits per heavy atom. The van der Waals surface area contributed by atoms with Crippen LogP contribution in [0.3, 0.4) is 0 Å². The van der Waals surface area contributed by atoms with Crippen molar-refractivity contribution >= 4 is 23.2 Å². The molecule has 0 aliphatic carbocycles. The number of rotatable bonds is 5. The number of hydrogen-bond acceptors (Lipinski definition) is 7. The van der Waals surface area contributed by atoms with Crippen molar-refractivity contribution in [2.24, 2.45) is 0 Å². The minimum atomic E-state index is 0.109. The quantitative estimate of drug-likeness (QED) is 0.838. The molecule has 0 N–H and O–H groups in total. The molecule has 6 nitrogen and oxygen atoms in total. The van der Waals surface area contributed by atoms with Crippen molar-refractivity contribution in [3.8, 4) is 11.6 Å². The number of nitrogens with zero attached hydrogens (tertiary/aromatic N) is 4. The van der Waals surface area contributed by atoms with Crippen LogP contribution in [0.1, 0.15) is 13.8 Å². The van der Waals surface area contributed by atoms with Crippen LogP contribution in [0, 0.1) is 0 Å². The summed E-state index contributed by atoms with van der Waals surface area (Å²) in [6.07, 6.45) is 0.109. The molecule has 23 heavy (non-hydrogen) atoms. The number of hydrogen-bond donors (Lipinski definition) is 0. The average Bonchev–Trinajstić information content (AvgIpc) is 3.02. The van der Waals surface area contributed by atoms with Crippen LogP contribution in [-0.2, 0) is 0 Å². The minimum absolute atomic E-state index is 0.109. The molecule has 7 heteroatoms. The molecule has 0 spiro atoms. The molecule has 2 aromatic rings. The van der Waals surface area contributed by atoms with E-state index in [2.05, 4.69) is 30.7 Å². The Bertz CT molecular complexity index is 621. The Kier molecular flexibility index (Phi) is 4.85. The molecular weight excluding hydrogens is 312 g/mol. The highest BCUT2D eigenvalue weighted by Gasteiger charge is 2.23. The number of benzene rings is 1. The van der Waals surface area contributed by atoms with Gasteiger partial charge in [-0.05, 0) is 38.1 Å². The smallest absolute Gasteiger partial charge is 0.271 e. The summed E-state index contributed by atoms with van der Waals surface area (Å²) >= 11 is 1.21. The molecule has 124 valence electrons. The Morgan fingerprint density at radius 1 is 1.00 bits per heavy atom. The van der Waals surface area contributed by atoms with Gasteiger partial charge in [0.1, 0.15) is 5.75 Å². The van der Waals surface area contributed by atoms with Crippen molar-refractivity contribution in [2.75, 3.05) is 43.1 Å². The summed E-state index contributed by atoms with van der Waals surface area (Å²) in [5.74, 6) is 2.41. The van der Waals surface area contributed by atoms with E-state index in [1.165, 1.54) is 17.4 Å².